The maximum absolute atomic E-state index is 4.70. The van der Waals surface area contributed by atoms with Gasteiger partial charge in [-0.1, -0.05) is 48.5 Å². The summed E-state index contributed by atoms with van der Waals surface area (Å²) < 4.78 is 5.18. The number of aromatic nitrogens is 2. The van der Waals surface area contributed by atoms with Crippen LogP contribution in [0.2, 0.25) is 0 Å². The van der Waals surface area contributed by atoms with Gasteiger partial charge in [0, 0.05) is 53.5 Å². The zero-order valence-corrected chi connectivity index (χ0v) is 18.8. The van der Waals surface area contributed by atoms with E-state index in [1.807, 2.05) is 17.5 Å². The van der Waals surface area contributed by atoms with Gasteiger partial charge in [-0.15, -0.1) is 11.3 Å². The largest absolute Gasteiger partial charge is 0.308 e. The van der Waals surface area contributed by atoms with E-state index in [-0.39, 0.29) is 0 Å². The third-order valence-electron chi connectivity index (χ3n) is 7.01. The summed E-state index contributed by atoms with van der Waals surface area (Å²) >= 11 is 1.91. The average molecular weight is 439 g/mol. The standard InChI is InChI=1S/C30H18N2S/c1-17-10-12-24(31-16-17)18-11-13-26-23(14-18)28-29-21(19-6-2-4-8-25(19)32(26)29)15-22-20-7-3-5-9-27(20)33-30(22)28/h2-16H,1H3. The van der Waals surface area contributed by atoms with Gasteiger partial charge < -0.3 is 4.40 Å². The highest BCUT2D eigenvalue weighted by atomic mass is 32.1. The van der Waals surface area contributed by atoms with Gasteiger partial charge >= 0.3 is 0 Å². The maximum atomic E-state index is 4.70. The molecule has 0 fully saturated rings. The summed E-state index contributed by atoms with van der Waals surface area (Å²) in [6, 6.07) is 31.1. The van der Waals surface area contributed by atoms with Crippen LogP contribution in [0.25, 0.3) is 69.5 Å². The summed E-state index contributed by atoms with van der Waals surface area (Å²) in [4.78, 5) is 4.70. The molecule has 0 atom stereocenters. The molecular weight excluding hydrogens is 420 g/mol. The first-order valence-corrected chi connectivity index (χ1v) is 12.0. The first kappa shape index (κ1) is 17.6. The van der Waals surface area contributed by atoms with E-state index in [0.717, 1.165) is 11.3 Å². The fourth-order valence-electron chi connectivity index (χ4n) is 5.53. The number of rotatable bonds is 1. The quantitative estimate of drug-likeness (QED) is 0.251. The van der Waals surface area contributed by atoms with E-state index in [4.69, 9.17) is 4.98 Å². The number of fused-ring (bicyclic) bond motifs is 10. The maximum Gasteiger partial charge on any atom is 0.0702 e. The van der Waals surface area contributed by atoms with E-state index in [1.54, 1.807) is 0 Å². The third-order valence-corrected chi connectivity index (χ3v) is 8.22. The molecule has 4 heterocycles. The van der Waals surface area contributed by atoms with Crippen molar-refractivity contribution < 1.29 is 0 Å². The molecule has 0 unspecified atom stereocenters. The lowest BCUT2D eigenvalue weighted by Crippen LogP contribution is -1.85. The first-order valence-electron chi connectivity index (χ1n) is 11.2. The summed E-state index contributed by atoms with van der Waals surface area (Å²) in [5.74, 6) is 0. The zero-order chi connectivity index (χ0) is 21.7. The minimum absolute atomic E-state index is 1.02. The van der Waals surface area contributed by atoms with E-state index in [1.165, 1.54) is 63.8 Å². The van der Waals surface area contributed by atoms with Crippen molar-refractivity contribution in [2.45, 2.75) is 6.92 Å². The van der Waals surface area contributed by atoms with Crippen LogP contribution in [0, 0.1) is 6.92 Å². The summed E-state index contributed by atoms with van der Waals surface area (Å²) in [5, 5.41) is 8.02. The Balaban J connectivity index is 1.64. The van der Waals surface area contributed by atoms with Gasteiger partial charge in [0.2, 0.25) is 0 Å². The molecule has 0 radical (unpaired) electrons. The molecule has 4 aromatic carbocycles. The summed E-state index contributed by atoms with van der Waals surface area (Å²) in [5.41, 5.74) is 7.23. The van der Waals surface area contributed by atoms with Gasteiger partial charge in [-0.25, -0.2) is 0 Å². The molecule has 154 valence electrons. The van der Waals surface area contributed by atoms with Gasteiger partial charge in [0.1, 0.15) is 0 Å². The Morgan fingerprint density at radius 3 is 2.39 bits per heavy atom. The van der Waals surface area contributed by atoms with Crippen LogP contribution in [0.3, 0.4) is 0 Å². The molecule has 3 heteroatoms. The van der Waals surface area contributed by atoms with E-state index < -0.39 is 0 Å². The van der Waals surface area contributed by atoms with Crippen molar-refractivity contribution in [3.8, 4) is 11.3 Å². The molecule has 0 aliphatic heterocycles. The van der Waals surface area contributed by atoms with Gasteiger partial charge in [-0.05, 0) is 48.9 Å². The second-order valence-electron chi connectivity index (χ2n) is 8.93. The van der Waals surface area contributed by atoms with Crippen LogP contribution in [0.4, 0.5) is 0 Å². The lowest BCUT2D eigenvalue weighted by molar-refractivity contribution is 1.27. The molecular formula is C30H18N2S. The second-order valence-corrected chi connectivity index (χ2v) is 9.98. The van der Waals surface area contributed by atoms with Crippen molar-refractivity contribution in [3.63, 3.8) is 0 Å². The van der Waals surface area contributed by atoms with E-state index >= 15 is 0 Å². The molecule has 0 N–H and O–H groups in total. The van der Waals surface area contributed by atoms with E-state index in [0.29, 0.717) is 0 Å². The lowest BCUT2D eigenvalue weighted by atomic mass is 10.0. The molecule has 0 amide bonds. The predicted molar refractivity (Wildman–Crippen MR) is 142 cm³/mol. The summed E-state index contributed by atoms with van der Waals surface area (Å²) in [7, 11) is 0. The van der Waals surface area contributed by atoms with Crippen molar-refractivity contribution in [2.24, 2.45) is 0 Å². The monoisotopic (exact) mass is 438 g/mol. The molecule has 8 aromatic rings. The number of pyridine rings is 1. The molecule has 0 bridgehead atoms. The van der Waals surface area contributed by atoms with E-state index in [2.05, 4.69) is 96.3 Å². The van der Waals surface area contributed by atoms with Gasteiger partial charge in [-0.2, -0.15) is 0 Å². The Morgan fingerprint density at radius 1 is 0.697 bits per heavy atom. The van der Waals surface area contributed by atoms with Crippen molar-refractivity contribution in [2.75, 3.05) is 0 Å². The molecule has 8 rings (SSSR count). The molecule has 2 nitrogen and oxygen atoms in total. The van der Waals surface area contributed by atoms with Crippen LogP contribution in [-0.4, -0.2) is 9.38 Å². The van der Waals surface area contributed by atoms with Gasteiger partial charge in [0.25, 0.3) is 0 Å². The highest BCUT2D eigenvalue weighted by Gasteiger charge is 2.22. The minimum Gasteiger partial charge on any atom is -0.308 e. The normalized spacial score (nSPS) is 12.4. The first-order chi connectivity index (χ1) is 16.3. The Labute approximate surface area is 193 Å². The smallest absolute Gasteiger partial charge is 0.0702 e. The number of para-hydroxylation sites is 1. The van der Waals surface area contributed by atoms with Crippen LogP contribution in [0.15, 0.2) is 91.1 Å². The van der Waals surface area contributed by atoms with E-state index in [9.17, 15) is 0 Å². The Morgan fingerprint density at radius 2 is 1.52 bits per heavy atom. The van der Waals surface area contributed by atoms with Gasteiger partial charge in [0.05, 0.1) is 22.2 Å². The molecule has 4 aromatic heterocycles. The predicted octanol–water partition coefficient (Wildman–Crippen LogP) is 8.58. The van der Waals surface area contributed by atoms with Crippen molar-refractivity contribution in [1.82, 2.24) is 9.38 Å². The number of nitrogens with zero attached hydrogens (tertiary/aromatic N) is 2. The Bertz CT molecular complexity index is 2020. The molecule has 0 saturated carbocycles. The Kier molecular flexibility index (Phi) is 3.25. The number of benzene rings is 4. The topological polar surface area (TPSA) is 17.3 Å². The molecule has 0 aliphatic carbocycles. The van der Waals surface area contributed by atoms with Crippen LogP contribution >= 0.6 is 11.3 Å². The fourth-order valence-corrected chi connectivity index (χ4v) is 6.77. The summed E-state index contributed by atoms with van der Waals surface area (Å²) in [6.45, 7) is 2.08. The SMILES string of the molecule is Cc1ccc(-c2ccc3c(c2)c2c4sc5ccccc5c4cc4c5ccccc5n3c42)nc1. The number of aryl methyl sites for hydroxylation is 1. The molecule has 0 aliphatic rings. The highest BCUT2D eigenvalue weighted by molar-refractivity contribution is 7.26. The zero-order valence-electron chi connectivity index (χ0n) is 18.0. The number of hydrogen-bond acceptors (Lipinski definition) is 2. The van der Waals surface area contributed by atoms with Crippen molar-refractivity contribution >= 4 is 69.6 Å². The molecule has 0 saturated heterocycles. The third kappa shape index (κ3) is 2.20. The van der Waals surface area contributed by atoms with Crippen LogP contribution in [-0.2, 0) is 0 Å². The average Bonchev–Trinajstić information content (AvgIpc) is 3.50. The molecule has 33 heavy (non-hydrogen) atoms. The highest BCUT2D eigenvalue weighted by Crippen LogP contribution is 2.47. The summed E-state index contributed by atoms with van der Waals surface area (Å²) in [6.07, 6.45) is 1.95. The van der Waals surface area contributed by atoms with Crippen molar-refractivity contribution in [1.29, 1.82) is 0 Å². The fraction of sp³-hybridized carbons (Fsp3) is 0.0333. The van der Waals surface area contributed by atoms with Crippen LogP contribution in [0.5, 0.6) is 0 Å². The van der Waals surface area contributed by atoms with Gasteiger partial charge in [-0.3, -0.25) is 4.98 Å². The Hall–Kier alpha value is -3.95. The molecule has 0 spiro atoms. The minimum atomic E-state index is 1.02. The van der Waals surface area contributed by atoms with Crippen LogP contribution in [0.1, 0.15) is 5.56 Å². The number of hydrogen-bond donors (Lipinski definition) is 0. The van der Waals surface area contributed by atoms with Gasteiger partial charge in [0.15, 0.2) is 0 Å². The number of thiophene rings is 1. The lowest BCUT2D eigenvalue weighted by Gasteiger charge is -2.04. The second kappa shape index (κ2) is 6.09. The van der Waals surface area contributed by atoms with Crippen molar-refractivity contribution in [3.05, 3.63) is 96.7 Å². The van der Waals surface area contributed by atoms with Crippen LogP contribution < -0.4 is 0 Å².